The molecule has 0 aromatic heterocycles. The minimum atomic E-state index is 0. The van der Waals surface area contributed by atoms with Crippen LogP contribution in [0.25, 0.3) is 5.84 Å². The molecule has 1 saturated heterocycles. The third kappa shape index (κ3) is 2.26. The van der Waals surface area contributed by atoms with Gasteiger partial charge in [0.05, 0.1) is 0 Å². The molecule has 0 saturated carbocycles. The van der Waals surface area contributed by atoms with E-state index in [-0.39, 0.29) is 29.9 Å². The molecular weight excluding hydrogens is 143 g/mol. The molecule has 0 bridgehead atoms. The Bertz CT molecular complexity index is 139. The van der Waals surface area contributed by atoms with Crippen LogP contribution in [-0.2, 0) is 0 Å². The minimum Gasteiger partial charge on any atom is -0.609 e. The third-order valence-electron chi connectivity index (χ3n) is 2.79. The van der Waals surface area contributed by atoms with E-state index in [1.165, 1.54) is 6.42 Å². The van der Waals surface area contributed by atoms with Gasteiger partial charge in [0.1, 0.15) is 0 Å². The van der Waals surface area contributed by atoms with Gasteiger partial charge in [-0.15, -0.1) is 0 Å². The average molecular weight is 162 g/mol. The van der Waals surface area contributed by atoms with Gasteiger partial charge in [0.15, 0.2) is 0 Å². The van der Waals surface area contributed by atoms with Crippen LogP contribution in [-0.4, -0.2) is 16.1 Å². The van der Waals surface area contributed by atoms with Gasteiger partial charge in [-0.2, -0.15) is 0 Å². The van der Waals surface area contributed by atoms with E-state index in [4.69, 9.17) is 5.84 Å². The summed E-state index contributed by atoms with van der Waals surface area (Å²) in [6.45, 7) is 8.61. The number of piperidine rings is 1. The Hall–Kier alpha value is 0.517. The van der Waals surface area contributed by atoms with Crippen LogP contribution in [0.4, 0.5) is 0 Å². The second-order valence-corrected chi connectivity index (χ2v) is 4.81. The van der Waals surface area contributed by atoms with Gasteiger partial charge in [0.2, 0.25) is 0 Å². The standard InChI is InChI=1S/C9H19N2.Li/c1-8(2)6-5-7-9(3,4)11(8)10;/h10H,5-7H2,1-4H3;/q-1;+1. The summed E-state index contributed by atoms with van der Waals surface area (Å²) in [4.78, 5) is 0. The molecule has 0 aliphatic carbocycles. The van der Waals surface area contributed by atoms with Crippen molar-refractivity contribution in [1.82, 2.24) is 5.01 Å². The molecule has 1 heterocycles. The molecule has 2 nitrogen and oxygen atoms in total. The second kappa shape index (κ2) is 3.72. The predicted octanol–water partition coefficient (Wildman–Crippen LogP) is 0.000700. The molecule has 0 aromatic carbocycles. The van der Waals surface area contributed by atoms with E-state index in [0.717, 1.165) is 12.8 Å². The molecule has 12 heavy (non-hydrogen) atoms. The molecule has 66 valence electrons. The quantitative estimate of drug-likeness (QED) is 0.461. The van der Waals surface area contributed by atoms with Crippen LogP contribution in [0, 0.1) is 0 Å². The fourth-order valence-electron chi connectivity index (χ4n) is 2.00. The summed E-state index contributed by atoms with van der Waals surface area (Å²) < 4.78 is 0. The SMILES string of the molecule is CC1(C)CCCC(C)(C)N1[NH-].[Li+]. The molecule has 0 atom stereocenters. The van der Waals surface area contributed by atoms with Crippen LogP contribution >= 0.6 is 0 Å². The first-order valence-electron chi connectivity index (χ1n) is 4.38. The van der Waals surface area contributed by atoms with Gasteiger partial charge in [-0.05, 0) is 58.0 Å². The zero-order valence-corrected chi connectivity index (χ0v) is 9.07. The molecule has 0 unspecified atom stereocenters. The average Bonchev–Trinajstić information content (AvgIpc) is 1.82. The monoisotopic (exact) mass is 162 g/mol. The summed E-state index contributed by atoms with van der Waals surface area (Å²) in [5.74, 6) is 7.91. The van der Waals surface area contributed by atoms with Crippen LogP contribution in [0.2, 0.25) is 0 Å². The molecule has 0 aromatic rings. The van der Waals surface area contributed by atoms with Crippen molar-refractivity contribution in [3.05, 3.63) is 5.84 Å². The van der Waals surface area contributed by atoms with E-state index >= 15 is 0 Å². The van der Waals surface area contributed by atoms with Crippen molar-refractivity contribution < 1.29 is 18.9 Å². The maximum Gasteiger partial charge on any atom is 1.00 e. The van der Waals surface area contributed by atoms with Crippen molar-refractivity contribution in [3.63, 3.8) is 0 Å². The van der Waals surface area contributed by atoms with Crippen LogP contribution in [0.1, 0.15) is 47.0 Å². The van der Waals surface area contributed by atoms with Gasteiger partial charge in [0, 0.05) is 0 Å². The summed E-state index contributed by atoms with van der Waals surface area (Å²) >= 11 is 0. The maximum absolute atomic E-state index is 7.91. The van der Waals surface area contributed by atoms with Crippen molar-refractivity contribution in [2.24, 2.45) is 0 Å². The van der Waals surface area contributed by atoms with Crippen molar-refractivity contribution in [2.75, 3.05) is 0 Å². The van der Waals surface area contributed by atoms with Gasteiger partial charge >= 0.3 is 18.9 Å². The molecule has 0 spiro atoms. The first-order chi connectivity index (χ1) is 4.86. The van der Waals surface area contributed by atoms with Gasteiger partial charge in [-0.3, -0.25) is 0 Å². The third-order valence-corrected chi connectivity index (χ3v) is 2.79. The Morgan fingerprint density at radius 3 is 1.58 bits per heavy atom. The Labute approximate surface area is 88.0 Å². The van der Waals surface area contributed by atoms with Crippen LogP contribution in [0.15, 0.2) is 0 Å². The molecule has 1 N–H and O–H groups in total. The largest absolute Gasteiger partial charge is 1.00 e. The Kier molecular flexibility index (Phi) is 3.88. The smallest absolute Gasteiger partial charge is 0.609 e. The van der Waals surface area contributed by atoms with Gasteiger partial charge in [-0.1, -0.05) is 0 Å². The Morgan fingerprint density at radius 1 is 1.00 bits per heavy atom. The summed E-state index contributed by atoms with van der Waals surface area (Å²) in [6, 6.07) is 0. The zero-order valence-electron chi connectivity index (χ0n) is 9.07. The summed E-state index contributed by atoms with van der Waals surface area (Å²) in [7, 11) is 0. The van der Waals surface area contributed by atoms with E-state index in [2.05, 4.69) is 27.7 Å². The van der Waals surface area contributed by atoms with E-state index in [0.29, 0.717) is 0 Å². The Balaban J connectivity index is 0.00000121. The molecule has 1 aliphatic rings. The van der Waals surface area contributed by atoms with Crippen molar-refractivity contribution >= 4 is 0 Å². The van der Waals surface area contributed by atoms with Crippen molar-refractivity contribution in [1.29, 1.82) is 0 Å². The molecular formula is C9H19LiN2. The normalized spacial score (nSPS) is 27.8. The zero-order chi connectivity index (χ0) is 8.70. The minimum absolute atomic E-state index is 0. The fourth-order valence-corrected chi connectivity index (χ4v) is 2.00. The van der Waals surface area contributed by atoms with Gasteiger partial charge in [-0.25, -0.2) is 0 Å². The van der Waals surface area contributed by atoms with E-state index in [1.807, 2.05) is 0 Å². The predicted molar refractivity (Wildman–Crippen MR) is 48.2 cm³/mol. The first-order valence-corrected chi connectivity index (χ1v) is 4.38. The number of rotatable bonds is 0. The van der Waals surface area contributed by atoms with Gasteiger partial charge in [0.25, 0.3) is 0 Å². The van der Waals surface area contributed by atoms with Crippen LogP contribution in [0.3, 0.4) is 0 Å². The first kappa shape index (κ1) is 12.5. The number of hydrogen-bond donors (Lipinski definition) is 0. The topological polar surface area (TPSA) is 27.0 Å². The number of hydrogen-bond acceptors (Lipinski definition) is 1. The molecule has 0 amide bonds. The maximum atomic E-state index is 7.91. The van der Waals surface area contributed by atoms with E-state index in [1.54, 1.807) is 5.01 Å². The fraction of sp³-hybridized carbons (Fsp3) is 1.00. The molecule has 3 heteroatoms. The Morgan fingerprint density at radius 2 is 1.33 bits per heavy atom. The number of nitrogens with zero attached hydrogens (tertiary/aromatic N) is 1. The summed E-state index contributed by atoms with van der Waals surface area (Å²) in [5, 5.41) is 1.77. The number of nitrogens with one attached hydrogen (secondary N) is 1. The summed E-state index contributed by atoms with van der Waals surface area (Å²) in [6.07, 6.45) is 3.56. The van der Waals surface area contributed by atoms with E-state index < -0.39 is 0 Å². The van der Waals surface area contributed by atoms with Crippen molar-refractivity contribution in [3.8, 4) is 0 Å². The molecule has 1 rings (SSSR count). The van der Waals surface area contributed by atoms with Crippen molar-refractivity contribution in [2.45, 2.75) is 58.0 Å². The molecule has 0 radical (unpaired) electrons. The van der Waals surface area contributed by atoms with Crippen LogP contribution in [0.5, 0.6) is 0 Å². The molecule has 1 fully saturated rings. The van der Waals surface area contributed by atoms with Crippen LogP contribution < -0.4 is 18.9 Å². The second-order valence-electron chi connectivity index (χ2n) is 4.81. The summed E-state index contributed by atoms with van der Waals surface area (Å²) in [5.41, 5.74) is 0.142. The molecule has 1 aliphatic heterocycles. The van der Waals surface area contributed by atoms with Gasteiger partial charge < -0.3 is 10.9 Å². The van der Waals surface area contributed by atoms with E-state index in [9.17, 15) is 0 Å².